The molecule has 25 heavy (non-hydrogen) atoms. The fourth-order valence-corrected chi connectivity index (χ4v) is 4.35. The Morgan fingerprint density at radius 1 is 1.28 bits per heavy atom. The number of aromatic amines is 1. The zero-order chi connectivity index (χ0) is 17.6. The number of benzene rings is 1. The minimum Gasteiger partial charge on any atom is -0.310 e. The number of nitrogens with zero attached hydrogens (tertiary/aromatic N) is 3. The number of aryl methyl sites for hydroxylation is 1. The van der Waals surface area contributed by atoms with Crippen LogP contribution in [0.2, 0.25) is 10.0 Å². The Hall–Kier alpha value is -1.85. The second-order valence-corrected chi connectivity index (χ2v) is 7.56. The summed E-state index contributed by atoms with van der Waals surface area (Å²) in [4.78, 5) is 20.0. The molecule has 0 spiro atoms. The van der Waals surface area contributed by atoms with Crippen LogP contribution in [0.15, 0.2) is 23.1 Å². The molecule has 1 aromatic carbocycles. The highest BCUT2D eigenvalue weighted by atomic mass is 35.5. The lowest BCUT2D eigenvalue weighted by atomic mass is 10.0. The van der Waals surface area contributed by atoms with Gasteiger partial charge in [-0.2, -0.15) is 5.10 Å². The van der Waals surface area contributed by atoms with Crippen molar-refractivity contribution in [3.05, 3.63) is 50.1 Å². The highest BCUT2D eigenvalue weighted by molar-refractivity contribution is 6.36. The third-order valence-electron chi connectivity index (χ3n) is 4.87. The summed E-state index contributed by atoms with van der Waals surface area (Å²) in [5, 5.41) is 5.86. The Labute approximate surface area is 155 Å². The molecule has 4 rings (SSSR count). The lowest BCUT2D eigenvalue weighted by Gasteiger charge is -2.11. The van der Waals surface area contributed by atoms with E-state index >= 15 is 0 Å². The number of hydrogen-bond donors (Lipinski definition) is 1. The van der Waals surface area contributed by atoms with Crippen molar-refractivity contribution in [2.45, 2.75) is 39.0 Å². The Bertz CT molecular complexity index is 979. The summed E-state index contributed by atoms with van der Waals surface area (Å²) in [6.45, 7) is 1.91. The summed E-state index contributed by atoms with van der Waals surface area (Å²) in [5.74, 6) is 1.31. The maximum absolute atomic E-state index is 12.4. The summed E-state index contributed by atoms with van der Waals surface area (Å²) in [5.41, 5.74) is 1.95. The molecule has 0 bridgehead atoms. The first kappa shape index (κ1) is 16.6. The van der Waals surface area contributed by atoms with E-state index in [1.807, 2.05) is 13.0 Å². The van der Waals surface area contributed by atoms with Crippen molar-refractivity contribution in [2.75, 3.05) is 0 Å². The van der Waals surface area contributed by atoms with Crippen LogP contribution in [-0.4, -0.2) is 19.7 Å². The van der Waals surface area contributed by atoms with E-state index in [4.69, 9.17) is 28.2 Å². The number of rotatable bonds is 3. The normalized spacial score (nSPS) is 15.3. The highest BCUT2D eigenvalue weighted by Gasteiger charge is 2.19. The second-order valence-electron chi connectivity index (χ2n) is 6.71. The van der Waals surface area contributed by atoms with Gasteiger partial charge in [-0.05, 0) is 30.5 Å². The van der Waals surface area contributed by atoms with Crippen molar-refractivity contribution in [1.29, 1.82) is 0 Å². The molecule has 2 aromatic heterocycles. The fraction of sp³-hybridized carbons (Fsp3) is 0.389. The molecule has 0 atom stereocenters. The highest BCUT2D eigenvalue weighted by Crippen LogP contribution is 2.30. The molecule has 2 heterocycles. The number of hydrogen-bond acceptors (Lipinski definition) is 3. The summed E-state index contributed by atoms with van der Waals surface area (Å²) in [6, 6.07) is 3.49. The van der Waals surface area contributed by atoms with Gasteiger partial charge in [0.05, 0.1) is 16.9 Å². The van der Waals surface area contributed by atoms with E-state index in [2.05, 4.69) is 10.1 Å². The molecule has 3 aromatic rings. The van der Waals surface area contributed by atoms with Gasteiger partial charge in [0, 0.05) is 11.4 Å². The van der Waals surface area contributed by atoms with E-state index in [0.717, 1.165) is 12.0 Å². The zero-order valence-corrected chi connectivity index (χ0v) is 15.4. The molecule has 1 aliphatic rings. The van der Waals surface area contributed by atoms with Crippen LogP contribution in [-0.2, 0) is 6.42 Å². The quantitative estimate of drug-likeness (QED) is 0.733. The van der Waals surface area contributed by atoms with E-state index in [0.29, 0.717) is 38.5 Å². The van der Waals surface area contributed by atoms with Gasteiger partial charge in [-0.3, -0.25) is 4.79 Å². The minimum atomic E-state index is -0.160. The van der Waals surface area contributed by atoms with Gasteiger partial charge in [-0.25, -0.2) is 9.67 Å². The third-order valence-corrected chi connectivity index (χ3v) is 5.38. The molecule has 5 nitrogen and oxygen atoms in total. The Kier molecular flexibility index (Phi) is 4.29. The number of fused-ring (bicyclic) bond motifs is 1. The number of halogens is 2. The minimum absolute atomic E-state index is 0.160. The van der Waals surface area contributed by atoms with Crippen molar-refractivity contribution in [3.63, 3.8) is 0 Å². The van der Waals surface area contributed by atoms with E-state index in [9.17, 15) is 4.79 Å². The molecule has 7 heteroatoms. The zero-order valence-electron chi connectivity index (χ0n) is 13.9. The molecule has 0 saturated heterocycles. The summed E-state index contributed by atoms with van der Waals surface area (Å²) in [7, 11) is 0. The summed E-state index contributed by atoms with van der Waals surface area (Å²) < 4.78 is 1.64. The van der Waals surface area contributed by atoms with Gasteiger partial charge in [0.2, 0.25) is 0 Å². The molecular weight excluding hydrogens is 359 g/mol. The molecule has 1 fully saturated rings. The summed E-state index contributed by atoms with van der Waals surface area (Å²) >= 11 is 12.4. The molecule has 130 valence electrons. The van der Waals surface area contributed by atoms with Crippen LogP contribution in [0.5, 0.6) is 0 Å². The monoisotopic (exact) mass is 376 g/mol. The average molecular weight is 377 g/mol. The average Bonchev–Trinajstić information content (AvgIpc) is 3.17. The first-order valence-corrected chi connectivity index (χ1v) is 9.21. The maximum atomic E-state index is 12.4. The van der Waals surface area contributed by atoms with E-state index in [-0.39, 0.29) is 5.56 Å². The van der Waals surface area contributed by atoms with Gasteiger partial charge >= 0.3 is 0 Å². The molecule has 0 aliphatic heterocycles. The Morgan fingerprint density at radius 3 is 2.76 bits per heavy atom. The van der Waals surface area contributed by atoms with E-state index in [1.165, 1.54) is 31.9 Å². The van der Waals surface area contributed by atoms with Crippen LogP contribution in [0, 0.1) is 12.8 Å². The van der Waals surface area contributed by atoms with Gasteiger partial charge in [-0.1, -0.05) is 48.9 Å². The Morgan fingerprint density at radius 2 is 2.04 bits per heavy atom. The molecular formula is C18H18Cl2N4O. The van der Waals surface area contributed by atoms with Crippen molar-refractivity contribution >= 4 is 34.2 Å². The van der Waals surface area contributed by atoms with Crippen LogP contribution >= 0.6 is 23.2 Å². The van der Waals surface area contributed by atoms with Gasteiger partial charge in [0.1, 0.15) is 11.2 Å². The van der Waals surface area contributed by atoms with E-state index < -0.39 is 0 Å². The third kappa shape index (κ3) is 3.07. The van der Waals surface area contributed by atoms with Crippen molar-refractivity contribution in [3.8, 4) is 5.69 Å². The second kappa shape index (κ2) is 6.46. The van der Waals surface area contributed by atoms with Gasteiger partial charge in [0.25, 0.3) is 5.56 Å². The molecule has 0 radical (unpaired) electrons. The molecule has 1 aliphatic carbocycles. The molecule has 1 N–H and O–H groups in total. The van der Waals surface area contributed by atoms with Crippen LogP contribution in [0.4, 0.5) is 0 Å². The predicted octanol–water partition coefficient (Wildman–Crippen LogP) is 4.46. The van der Waals surface area contributed by atoms with Crippen molar-refractivity contribution < 1.29 is 0 Å². The SMILES string of the molecule is Cc1cc(Cl)cc(Cl)c1-n1ncc2c(=O)[nH]c(CC3CCCC3)nc21. The van der Waals surface area contributed by atoms with Gasteiger partial charge in [-0.15, -0.1) is 0 Å². The fourth-order valence-electron chi connectivity index (χ4n) is 3.68. The molecule has 0 unspecified atom stereocenters. The van der Waals surface area contributed by atoms with Crippen molar-refractivity contribution in [2.24, 2.45) is 5.92 Å². The van der Waals surface area contributed by atoms with E-state index in [1.54, 1.807) is 10.7 Å². The first-order chi connectivity index (χ1) is 12.0. The first-order valence-electron chi connectivity index (χ1n) is 8.46. The maximum Gasteiger partial charge on any atom is 0.262 e. The van der Waals surface area contributed by atoms with Crippen LogP contribution < -0.4 is 5.56 Å². The number of aromatic nitrogens is 4. The standard InChI is InChI=1S/C18H18Cl2N4O/c1-10-6-12(19)8-14(20)16(10)24-17-13(9-21-24)18(25)23-15(22-17)7-11-4-2-3-5-11/h6,8-9,11H,2-5,7H2,1H3,(H,22,23,25). The van der Waals surface area contributed by atoms with Crippen LogP contribution in [0.25, 0.3) is 16.7 Å². The summed E-state index contributed by atoms with van der Waals surface area (Å²) in [6.07, 6.45) is 7.24. The number of nitrogens with one attached hydrogen (secondary N) is 1. The largest absolute Gasteiger partial charge is 0.310 e. The van der Waals surface area contributed by atoms with Crippen molar-refractivity contribution in [1.82, 2.24) is 19.7 Å². The van der Waals surface area contributed by atoms with Crippen LogP contribution in [0.1, 0.15) is 37.1 Å². The van der Waals surface area contributed by atoms with Gasteiger partial charge in [0.15, 0.2) is 5.65 Å². The van der Waals surface area contributed by atoms with Gasteiger partial charge < -0.3 is 4.98 Å². The lowest BCUT2D eigenvalue weighted by molar-refractivity contribution is 0.530. The molecule has 0 amide bonds. The topological polar surface area (TPSA) is 63.6 Å². The number of H-pyrrole nitrogens is 1. The van der Waals surface area contributed by atoms with Crippen LogP contribution in [0.3, 0.4) is 0 Å². The molecule has 1 saturated carbocycles. The predicted molar refractivity (Wildman–Crippen MR) is 99.9 cm³/mol. The smallest absolute Gasteiger partial charge is 0.262 e. The Balaban J connectivity index is 1.85. The lowest BCUT2D eigenvalue weighted by Crippen LogP contribution is -2.15.